The van der Waals surface area contributed by atoms with Crippen LogP contribution in [0.15, 0.2) is 48.8 Å². The topological polar surface area (TPSA) is 47.4 Å². The fourth-order valence-electron chi connectivity index (χ4n) is 3.68. The quantitative estimate of drug-likeness (QED) is 0.633. The molecule has 3 heterocycles. The number of aryl methyl sites for hydroxylation is 1. The summed E-state index contributed by atoms with van der Waals surface area (Å²) in [6.07, 6.45) is 5.25. The van der Waals surface area contributed by atoms with Crippen LogP contribution in [-0.2, 0) is 16.1 Å². The monoisotopic (exact) mass is 383 g/mol. The third-order valence-corrected chi connectivity index (χ3v) is 5.29. The molecule has 0 bridgehead atoms. The minimum absolute atomic E-state index is 0.0380. The molecular formula is C21H22ClN3O2. The van der Waals surface area contributed by atoms with Crippen LogP contribution in [0.4, 0.5) is 5.82 Å². The number of halogens is 1. The molecular weight excluding hydrogens is 362 g/mol. The number of fused-ring (bicyclic) bond motifs is 1. The second-order valence-electron chi connectivity index (χ2n) is 6.97. The number of para-hydroxylation sites is 1. The zero-order valence-corrected chi connectivity index (χ0v) is 16.0. The van der Waals surface area contributed by atoms with Crippen LogP contribution >= 0.6 is 11.6 Å². The van der Waals surface area contributed by atoms with E-state index in [2.05, 4.69) is 22.9 Å². The Morgan fingerprint density at radius 3 is 2.74 bits per heavy atom. The summed E-state index contributed by atoms with van der Waals surface area (Å²) in [4.78, 5) is 19.0. The second kappa shape index (κ2) is 7.61. The zero-order chi connectivity index (χ0) is 18.8. The van der Waals surface area contributed by atoms with Crippen LogP contribution in [-0.4, -0.2) is 34.7 Å². The molecule has 1 fully saturated rings. The fraction of sp³-hybridized carbons (Fsp3) is 0.333. The molecule has 1 aliphatic heterocycles. The first kappa shape index (κ1) is 17.9. The van der Waals surface area contributed by atoms with Crippen molar-refractivity contribution in [2.75, 3.05) is 18.0 Å². The smallest absolute Gasteiger partial charge is 0.326 e. The van der Waals surface area contributed by atoms with E-state index in [1.807, 2.05) is 41.1 Å². The third kappa shape index (κ3) is 3.93. The van der Waals surface area contributed by atoms with Gasteiger partial charge in [0.05, 0.1) is 5.02 Å². The molecule has 0 radical (unpaired) electrons. The van der Waals surface area contributed by atoms with Gasteiger partial charge in [0, 0.05) is 49.2 Å². The van der Waals surface area contributed by atoms with Crippen molar-refractivity contribution in [1.82, 2.24) is 9.55 Å². The van der Waals surface area contributed by atoms with E-state index in [1.54, 1.807) is 6.20 Å². The van der Waals surface area contributed by atoms with E-state index in [4.69, 9.17) is 16.3 Å². The van der Waals surface area contributed by atoms with Crippen molar-refractivity contribution in [1.29, 1.82) is 0 Å². The predicted molar refractivity (Wildman–Crippen MR) is 107 cm³/mol. The number of carbonyl (C=O) groups excluding carboxylic acids is 1. The van der Waals surface area contributed by atoms with Gasteiger partial charge >= 0.3 is 5.97 Å². The average molecular weight is 384 g/mol. The lowest BCUT2D eigenvalue weighted by Crippen LogP contribution is -2.38. The number of aromatic nitrogens is 2. The lowest BCUT2D eigenvalue weighted by molar-refractivity contribution is -0.150. The van der Waals surface area contributed by atoms with Gasteiger partial charge in [-0.15, -0.1) is 0 Å². The summed E-state index contributed by atoms with van der Waals surface area (Å²) in [6, 6.07) is 11.9. The van der Waals surface area contributed by atoms with Crippen molar-refractivity contribution < 1.29 is 9.53 Å². The van der Waals surface area contributed by atoms with Crippen molar-refractivity contribution in [2.45, 2.75) is 32.4 Å². The largest absolute Gasteiger partial charge is 0.461 e. The first-order valence-corrected chi connectivity index (χ1v) is 9.58. The molecule has 0 aliphatic carbocycles. The molecule has 1 aliphatic rings. The molecule has 0 saturated carbocycles. The summed E-state index contributed by atoms with van der Waals surface area (Å²) in [5, 5.41) is 1.81. The van der Waals surface area contributed by atoms with Gasteiger partial charge in [0.15, 0.2) is 0 Å². The maximum atomic E-state index is 12.4. The molecule has 6 heteroatoms. The lowest BCUT2D eigenvalue weighted by atomic mass is 10.1. The van der Waals surface area contributed by atoms with Gasteiger partial charge in [0.25, 0.3) is 0 Å². The molecule has 0 amide bonds. The van der Waals surface area contributed by atoms with Gasteiger partial charge < -0.3 is 14.2 Å². The molecule has 0 atom stereocenters. The van der Waals surface area contributed by atoms with Crippen LogP contribution in [0.2, 0.25) is 5.02 Å². The number of anilines is 1. The Labute approximate surface area is 163 Å². The van der Waals surface area contributed by atoms with E-state index in [0.717, 1.165) is 37.3 Å². The number of hydrogen-bond donors (Lipinski definition) is 0. The van der Waals surface area contributed by atoms with Gasteiger partial charge in [-0.25, -0.2) is 4.98 Å². The number of benzene rings is 1. The van der Waals surface area contributed by atoms with Crippen LogP contribution in [0.1, 0.15) is 18.4 Å². The Hall–Kier alpha value is -2.53. The Balaban J connectivity index is 1.33. The molecule has 27 heavy (non-hydrogen) atoms. The highest BCUT2D eigenvalue weighted by molar-refractivity contribution is 6.30. The molecule has 0 spiro atoms. The minimum Gasteiger partial charge on any atom is -0.461 e. The number of piperidine rings is 1. The molecule has 0 unspecified atom stereocenters. The Kier molecular flexibility index (Phi) is 5.03. The Bertz CT molecular complexity index is 944. The van der Waals surface area contributed by atoms with E-state index in [0.29, 0.717) is 5.02 Å². The maximum Gasteiger partial charge on any atom is 0.326 e. The van der Waals surface area contributed by atoms with Gasteiger partial charge in [-0.2, -0.15) is 0 Å². The molecule has 0 N–H and O–H groups in total. The predicted octanol–water partition coefficient (Wildman–Crippen LogP) is 4.21. The minimum atomic E-state index is -0.182. The van der Waals surface area contributed by atoms with E-state index < -0.39 is 0 Å². The summed E-state index contributed by atoms with van der Waals surface area (Å²) in [6.45, 7) is 3.94. The van der Waals surface area contributed by atoms with Crippen molar-refractivity contribution >= 4 is 34.3 Å². The van der Waals surface area contributed by atoms with E-state index in [9.17, 15) is 4.79 Å². The fourth-order valence-corrected chi connectivity index (χ4v) is 3.79. The molecule has 1 saturated heterocycles. The molecule has 1 aromatic carbocycles. The number of hydrogen-bond acceptors (Lipinski definition) is 4. The molecule has 3 aromatic rings. The number of ether oxygens (including phenoxy) is 1. The van der Waals surface area contributed by atoms with Gasteiger partial charge in [-0.1, -0.05) is 29.8 Å². The first-order chi connectivity index (χ1) is 13.1. The molecule has 5 nitrogen and oxygen atoms in total. The SMILES string of the molecule is Cc1cn(CC(=O)OC2CCN(c3ccc(Cl)cn3)CC2)c2ccccc12. The van der Waals surface area contributed by atoms with Gasteiger partial charge in [0.1, 0.15) is 18.5 Å². The summed E-state index contributed by atoms with van der Waals surface area (Å²) in [5.74, 6) is 0.734. The maximum absolute atomic E-state index is 12.4. The van der Waals surface area contributed by atoms with E-state index >= 15 is 0 Å². The van der Waals surface area contributed by atoms with Crippen LogP contribution < -0.4 is 4.90 Å². The highest BCUT2D eigenvalue weighted by atomic mass is 35.5. The Morgan fingerprint density at radius 2 is 2.00 bits per heavy atom. The standard InChI is InChI=1S/C21H22ClN3O2/c1-15-13-25(19-5-3-2-4-18(15)19)14-21(26)27-17-8-10-24(11-9-17)20-7-6-16(22)12-23-20/h2-7,12-13,17H,8-11,14H2,1H3. The summed E-state index contributed by atoms with van der Waals surface area (Å²) in [7, 11) is 0. The number of rotatable bonds is 4. The Morgan fingerprint density at radius 1 is 1.22 bits per heavy atom. The lowest BCUT2D eigenvalue weighted by Gasteiger charge is -2.32. The van der Waals surface area contributed by atoms with Crippen LogP contribution in [0.25, 0.3) is 10.9 Å². The van der Waals surface area contributed by atoms with Crippen molar-refractivity contribution in [3.8, 4) is 0 Å². The normalized spacial score (nSPS) is 15.3. The second-order valence-corrected chi connectivity index (χ2v) is 7.40. The summed E-state index contributed by atoms with van der Waals surface area (Å²) < 4.78 is 7.70. The third-order valence-electron chi connectivity index (χ3n) is 5.06. The van der Waals surface area contributed by atoms with Crippen LogP contribution in [0.3, 0.4) is 0 Å². The van der Waals surface area contributed by atoms with Crippen molar-refractivity contribution in [2.24, 2.45) is 0 Å². The summed E-state index contributed by atoms with van der Waals surface area (Å²) in [5.41, 5.74) is 2.23. The molecule has 4 rings (SSSR count). The number of nitrogens with zero attached hydrogens (tertiary/aromatic N) is 3. The van der Waals surface area contributed by atoms with Gasteiger partial charge in [-0.3, -0.25) is 4.79 Å². The van der Waals surface area contributed by atoms with E-state index in [-0.39, 0.29) is 18.6 Å². The molecule has 2 aromatic heterocycles. The average Bonchev–Trinajstić information content (AvgIpc) is 2.99. The summed E-state index contributed by atoms with van der Waals surface area (Å²) >= 11 is 5.89. The van der Waals surface area contributed by atoms with E-state index in [1.165, 1.54) is 10.9 Å². The van der Waals surface area contributed by atoms with Gasteiger partial charge in [0.2, 0.25) is 0 Å². The number of esters is 1. The molecule has 140 valence electrons. The van der Waals surface area contributed by atoms with Crippen molar-refractivity contribution in [3.63, 3.8) is 0 Å². The van der Waals surface area contributed by atoms with Gasteiger partial charge in [-0.05, 0) is 30.7 Å². The van der Waals surface area contributed by atoms with Crippen LogP contribution in [0, 0.1) is 6.92 Å². The number of pyridine rings is 1. The number of carbonyl (C=O) groups is 1. The highest BCUT2D eigenvalue weighted by Crippen LogP contribution is 2.22. The van der Waals surface area contributed by atoms with Crippen molar-refractivity contribution in [3.05, 3.63) is 59.4 Å². The first-order valence-electron chi connectivity index (χ1n) is 9.20. The van der Waals surface area contributed by atoms with Crippen LogP contribution in [0.5, 0.6) is 0 Å². The zero-order valence-electron chi connectivity index (χ0n) is 15.3. The highest BCUT2D eigenvalue weighted by Gasteiger charge is 2.23.